The van der Waals surface area contributed by atoms with E-state index in [1.165, 1.54) is 26.4 Å². The van der Waals surface area contributed by atoms with Gasteiger partial charge in [-0.2, -0.15) is 5.10 Å². The van der Waals surface area contributed by atoms with Crippen molar-refractivity contribution in [3.05, 3.63) is 70.8 Å². The fourth-order valence-electron chi connectivity index (χ4n) is 3.37. The number of ether oxygens (including phenoxy) is 2. The Hall–Kier alpha value is -3.88. The number of nitrogens with one attached hydrogen (secondary N) is 2. The molecule has 3 rings (SSSR count). The van der Waals surface area contributed by atoms with E-state index in [2.05, 4.69) is 20.7 Å². The fraction of sp³-hybridized carbons (Fsp3) is 0.292. The molecule has 174 valence electrons. The maximum atomic E-state index is 13.3. The quantitative estimate of drug-likeness (QED) is 0.416. The molecule has 9 heteroatoms. The highest BCUT2D eigenvalue weighted by Gasteiger charge is 2.15. The molecule has 0 radical (unpaired) electrons. The van der Waals surface area contributed by atoms with Crippen molar-refractivity contribution in [2.75, 3.05) is 19.5 Å². The van der Waals surface area contributed by atoms with Crippen LogP contribution < -0.4 is 20.1 Å². The zero-order valence-electron chi connectivity index (χ0n) is 19.4. The van der Waals surface area contributed by atoms with Crippen molar-refractivity contribution in [1.82, 2.24) is 15.1 Å². The van der Waals surface area contributed by atoms with Gasteiger partial charge in [-0.3, -0.25) is 14.8 Å². The summed E-state index contributed by atoms with van der Waals surface area (Å²) < 4.78 is 25.8. The van der Waals surface area contributed by atoms with Crippen LogP contribution in [0.3, 0.4) is 0 Å². The van der Waals surface area contributed by atoms with Gasteiger partial charge in [0.15, 0.2) is 11.5 Å². The third-order valence-corrected chi connectivity index (χ3v) is 5.21. The van der Waals surface area contributed by atoms with Crippen LogP contribution in [-0.4, -0.2) is 35.9 Å². The van der Waals surface area contributed by atoms with E-state index in [4.69, 9.17) is 9.47 Å². The van der Waals surface area contributed by atoms with Crippen LogP contribution in [0.4, 0.5) is 10.1 Å². The zero-order valence-corrected chi connectivity index (χ0v) is 19.4. The molecule has 2 aromatic carbocycles. The Bertz CT molecular complexity index is 1160. The molecule has 0 spiro atoms. The number of benzene rings is 2. The number of halogens is 1. The molecule has 1 amide bonds. The summed E-state index contributed by atoms with van der Waals surface area (Å²) in [6.45, 7) is 7.01. The van der Waals surface area contributed by atoms with Crippen molar-refractivity contribution in [3.8, 4) is 11.5 Å². The number of rotatable bonds is 7. The maximum Gasteiger partial charge on any atom is 0.258 e. The van der Waals surface area contributed by atoms with E-state index >= 15 is 0 Å². The summed E-state index contributed by atoms with van der Waals surface area (Å²) >= 11 is 0. The van der Waals surface area contributed by atoms with Crippen LogP contribution in [0.15, 0.2) is 47.5 Å². The number of guanidine groups is 1. The second kappa shape index (κ2) is 10.6. The summed E-state index contributed by atoms with van der Waals surface area (Å²) in [5, 5.41) is 10.4. The maximum absolute atomic E-state index is 13.3. The number of amides is 1. The van der Waals surface area contributed by atoms with Gasteiger partial charge in [0, 0.05) is 29.1 Å². The Morgan fingerprint density at radius 1 is 1.09 bits per heavy atom. The molecule has 1 aromatic heterocycles. The molecule has 0 atom stereocenters. The fourth-order valence-corrected chi connectivity index (χ4v) is 3.37. The van der Waals surface area contributed by atoms with Gasteiger partial charge in [-0.1, -0.05) is 0 Å². The van der Waals surface area contributed by atoms with E-state index in [-0.39, 0.29) is 17.7 Å². The summed E-state index contributed by atoms with van der Waals surface area (Å²) in [5.41, 5.74) is 3.83. The highest BCUT2D eigenvalue weighted by molar-refractivity contribution is 6.10. The summed E-state index contributed by atoms with van der Waals surface area (Å²) in [6.07, 6.45) is 0. The summed E-state index contributed by atoms with van der Waals surface area (Å²) in [5.74, 6) is 0.442. The van der Waals surface area contributed by atoms with Crippen LogP contribution in [0.5, 0.6) is 11.5 Å². The molecule has 0 aliphatic rings. The highest BCUT2D eigenvalue weighted by Crippen LogP contribution is 2.27. The van der Waals surface area contributed by atoms with Crippen LogP contribution >= 0.6 is 0 Å². The smallest absolute Gasteiger partial charge is 0.258 e. The number of hydrogen-bond acceptors (Lipinski definition) is 5. The lowest BCUT2D eigenvalue weighted by Gasteiger charge is -2.13. The predicted octanol–water partition coefficient (Wildman–Crippen LogP) is 4.07. The van der Waals surface area contributed by atoms with Crippen LogP contribution in [0.1, 0.15) is 34.2 Å². The van der Waals surface area contributed by atoms with E-state index < -0.39 is 0 Å². The first-order valence-electron chi connectivity index (χ1n) is 10.5. The number of methoxy groups -OCH3 is 2. The Morgan fingerprint density at radius 3 is 2.39 bits per heavy atom. The Balaban J connectivity index is 1.88. The number of carbonyl (C=O) groups is 1. The lowest BCUT2D eigenvalue weighted by atomic mass is 10.2. The monoisotopic (exact) mass is 453 g/mol. The molecule has 0 aliphatic carbocycles. The Kier molecular flexibility index (Phi) is 7.66. The van der Waals surface area contributed by atoms with Gasteiger partial charge in [0.1, 0.15) is 5.82 Å². The lowest BCUT2D eigenvalue weighted by molar-refractivity contribution is 0.0976. The molecular weight excluding hydrogens is 425 g/mol. The second-order valence-corrected chi connectivity index (χ2v) is 7.29. The van der Waals surface area contributed by atoms with Crippen LogP contribution in [0.25, 0.3) is 0 Å². The molecule has 2 N–H and O–H groups in total. The molecule has 0 unspecified atom stereocenters. The number of hydrogen-bond donors (Lipinski definition) is 2. The SMILES string of the molecule is CCn1nc(C)c(CN=C(NC(=O)c2ccc(OC)c(OC)c2)Nc2ccc(F)cc2)c1C. The van der Waals surface area contributed by atoms with Gasteiger partial charge < -0.3 is 14.8 Å². The normalized spacial score (nSPS) is 11.3. The number of aromatic nitrogens is 2. The molecular formula is C24H28FN5O3. The predicted molar refractivity (Wildman–Crippen MR) is 126 cm³/mol. The minimum Gasteiger partial charge on any atom is -0.493 e. The largest absolute Gasteiger partial charge is 0.493 e. The average Bonchev–Trinajstić information content (AvgIpc) is 3.10. The van der Waals surface area contributed by atoms with Crippen LogP contribution in [-0.2, 0) is 13.1 Å². The summed E-state index contributed by atoms with van der Waals surface area (Å²) in [4.78, 5) is 17.6. The lowest BCUT2D eigenvalue weighted by Crippen LogP contribution is -2.36. The topological polar surface area (TPSA) is 89.8 Å². The molecule has 8 nitrogen and oxygen atoms in total. The first-order valence-corrected chi connectivity index (χ1v) is 10.5. The first kappa shape index (κ1) is 23.8. The van der Waals surface area contributed by atoms with Crippen molar-refractivity contribution >= 4 is 17.6 Å². The molecule has 0 bridgehead atoms. The number of anilines is 1. The van der Waals surface area contributed by atoms with E-state index in [0.717, 1.165) is 23.5 Å². The van der Waals surface area contributed by atoms with E-state index in [1.807, 2.05) is 25.5 Å². The minimum atomic E-state index is -0.387. The third-order valence-electron chi connectivity index (χ3n) is 5.21. The van der Waals surface area contributed by atoms with Gasteiger partial charge in [-0.25, -0.2) is 9.38 Å². The van der Waals surface area contributed by atoms with Gasteiger partial charge in [0.2, 0.25) is 5.96 Å². The van der Waals surface area contributed by atoms with Gasteiger partial charge >= 0.3 is 0 Å². The van der Waals surface area contributed by atoms with Gasteiger partial charge in [0.05, 0.1) is 26.5 Å². The van der Waals surface area contributed by atoms with Crippen molar-refractivity contribution in [1.29, 1.82) is 0 Å². The van der Waals surface area contributed by atoms with E-state index in [0.29, 0.717) is 29.3 Å². The molecule has 3 aromatic rings. The van der Waals surface area contributed by atoms with Crippen molar-refractivity contribution in [3.63, 3.8) is 0 Å². The standard InChI is InChI=1S/C24H28FN5O3/c1-6-30-16(3)20(15(2)29-30)14-26-24(27-19-10-8-18(25)9-11-19)28-23(31)17-7-12-21(32-4)22(13-17)33-5/h7-13H,6,14H2,1-5H3,(H2,26,27,28,31). The van der Waals surface area contributed by atoms with Crippen LogP contribution in [0.2, 0.25) is 0 Å². The van der Waals surface area contributed by atoms with E-state index in [9.17, 15) is 9.18 Å². The molecule has 0 saturated heterocycles. The van der Waals surface area contributed by atoms with Gasteiger partial charge in [0.25, 0.3) is 5.91 Å². The van der Waals surface area contributed by atoms with Gasteiger partial charge in [-0.15, -0.1) is 0 Å². The minimum absolute atomic E-state index is 0.226. The molecule has 0 aliphatic heterocycles. The first-order chi connectivity index (χ1) is 15.9. The van der Waals surface area contributed by atoms with Crippen molar-refractivity contribution < 1.29 is 18.7 Å². The number of aliphatic imine (C=N–C) groups is 1. The summed E-state index contributed by atoms with van der Waals surface area (Å²) in [6, 6.07) is 10.7. The highest BCUT2D eigenvalue weighted by atomic mass is 19.1. The second-order valence-electron chi connectivity index (χ2n) is 7.29. The molecule has 0 fully saturated rings. The molecule has 33 heavy (non-hydrogen) atoms. The van der Waals surface area contributed by atoms with Gasteiger partial charge in [-0.05, 0) is 63.2 Å². The number of carbonyl (C=O) groups excluding carboxylic acids is 1. The number of aryl methyl sites for hydroxylation is 2. The summed E-state index contributed by atoms with van der Waals surface area (Å²) in [7, 11) is 3.03. The Labute approximate surface area is 192 Å². The Morgan fingerprint density at radius 2 is 1.79 bits per heavy atom. The van der Waals surface area contributed by atoms with Crippen LogP contribution in [0, 0.1) is 19.7 Å². The average molecular weight is 454 g/mol. The molecule has 1 heterocycles. The van der Waals surface area contributed by atoms with Crippen molar-refractivity contribution in [2.45, 2.75) is 33.9 Å². The van der Waals surface area contributed by atoms with E-state index in [1.54, 1.807) is 30.3 Å². The number of nitrogens with zero attached hydrogens (tertiary/aromatic N) is 3. The van der Waals surface area contributed by atoms with Crippen molar-refractivity contribution in [2.24, 2.45) is 4.99 Å². The molecule has 0 saturated carbocycles. The third kappa shape index (κ3) is 5.68. The zero-order chi connectivity index (χ0) is 24.0.